The van der Waals surface area contributed by atoms with Gasteiger partial charge in [-0.3, -0.25) is 4.79 Å². The molecule has 0 spiro atoms. The Kier molecular flexibility index (Phi) is 4.14. The van der Waals surface area contributed by atoms with Gasteiger partial charge in [-0.1, -0.05) is 13.0 Å². The van der Waals surface area contributed by atoms with Gasteiger partial charge in [0.15, 0.2) is 11.5 Å². The first-order chi connectivity index (χ1) is 10.7. The summed E-state index contributed by atoms with van der Waals surface area (Å²) in [5.41, 5.74) is 2.92. The summed E-state index contributed by atoms with van der Waals surface area (Å²) in [7, 11) is 0. The maximum absolute atomic E-state index is 11.3. The third-order valence-electron chi connectivity index (χ3n) is 3.42. The molecule has 2 N–H and O–H groups in total. The maximum atomic E-state index is 11.3. The van der Waals surface area contributed by atoms with Gasteiger partial charge in [-0.05, 0) is 42.0 Å². The van der Waals surface area contributed by atoms with Crippen LogP contribution in [-0.2, 0) is 11.3 Å². The summed E-state index contributed by atoms with van der Waals surface area (Å²) in [6, 6.07) is 13.6. The van der Waals surface area contributed by atoms with Gasteiger partial charge < -0.3 is 20.1 Å². The monoisotopic (exact) mass is 298 g/mol. The minimum absolute atomic E-state index is 0.0149. The Morgan fingerprint density at radius 1 is 1.05 bits per heavy atom. The fourth-order valence-corrected chi connectivity index (χ4v) is 2.18. The van der Waals surface area contributed by atoms with Crippen LogP contribution in [0.25, 0.3) is 0 Å². The zero-order chi connectivity index (χ0) is 15.4. The Morgan fingerprint density at radius 2 is 1.77 bits per heavy atom. The lowest BCUT2D eigenvalue weighted by atomic mass is 10.2. The van der Waals surface area contributed by atoms with Crippen LogP contribution in [0.3, 0.4) is 0 Å². The fourth-order valence-electron chi connectivity index (χ4n) is 2.18. The molecule has 1 amide bonds. The molecule has 1 heterocycles. The van der Waals surface area contributed by atoms with Crippen molar-refractivity contribution in [2.45, 2.75) is 19.9 Å². The molecule has 0 saturated heterocycles. The third-order valence-corrected chi connectivity index (χ3v) is 3.42. The van der Waals surface area contributed by atoms with Gasteiger partial charge in [-0.25, -0.2) is 0 Å². The number of nitrogens with one attached hydrogen (secondary N) is 2. The van der Waals surface area contributed by atoms with Gasteiger partial charge in [0.25, 0.3) is 0 Å². The first-order valence-corrected chi connectivity index (χ1v) is 7.27. The zero-order valence-electron chi connectivity index (χ0n) is 12.4. The van der Waals surface area contributed by atoms with Crippen LogP contribution in [-0.4, -0.2) is 12.7 Å². The molecule has 2 aromatic carbocycles. The van der Waals surface area contributed by atoms with E-state index < -0.39 is 0 Å². The lowest BCUT2D eigenvalue weighted by molar-refractivity contribution is -0.115. The Hall–Kier alpha value is -2.69. The Balaban J connectivity index is 1.58. The Morgan fingerprint density at radius 3 is 2.55 bits per heavy atom. The number of benzene rings is 2. The normalized spacial score (nSPS) is 12.0. The number of amides is 1. The summed E-state index contributed by atoms with van der Waals surface area (Å²) in [5.74, 6) is 1.60. The summed E-state index contributed by atoms with van der Waals surface area (Å²) in [6.07, 6.45) is 0.476. The van der Waals surface area contributed by atoms with Gasteiger partial charge in [0, 0.05) is 24.3 Å². The largest absolute Gasteiger partial charge is 0.454 e. The van der Waals surface area contributed by atoms with E-state index in [0.29, 0.717) is 13.0 Å². The van der Waals surface area contributed by atoms with Crippen LogP contribution in [0.15, 0.2) is 42.5 Å². The standard InChI is InChI=1S/C17H18N2O3/c1-2-17(20)19-14-6-4-13(5-7-14)18-10-12-3-8-15-16(9-12)22-11-21-15/h3-9,18H,2,10-11H2,1H3,(H,19,20). The van der Waals surface area contributed by atoms with E-state index in [2.05, 4.69) is 10.6 Å². The molecule has 5 heteroatoms. The second kappa shape index (κ2) is 6.39. The highest BCUT2D eigenvalue weighted by atomic mass is 16.7. The van der Waals surface area contributed by atoms with Crippen LogP contribution < -0.4 is 20.1 Å². The van der Waals surface area contributed by atoms with Crippen molar-refractivity contribution in [1.82, 2.24) is 0 Å². The molecule has 5 nitrogen and oxygen atoms in total. The van der Waals surface area contributed by atoms with Gasteiger partial charge in [-0.15, -0.1) is 0 Å². The summed E-state index contributed by atoms with van der Waals surface area (Å²) < 4.78 is 10.7. The number of rotatable bonds is 5. The topological polar surface area (TPSA) is 59.6 Å². The molecule has 0 atom stereocenters. The predicted molar refractivity (Wildman–Crippen MR) is 85.3 cm³/mol. The molecule has 0 aromatic heterocycles. The molecule has 1 aliphatic heterocycles. The Labute approximate surface area is 129 Å². The van der Waals surface area contributed by atoms with E-state index in [1.54, 1.807) is 0 Å². The lowest BCUT2D eigenvalue weighted by Gasteiger charge is -2.09. The Bertz CT molecular complexity index is 668. The minimum Gasteiger partial charge on any atom is -0.454 e. The number of hydrogen-bond donors (Lipinski definition) is 2. The number of anilines is 2. The van der Waals surface area contributed by atoms with Gasteiger partial charge in [-0.2, -0.15) is 0 Å². The lowest BCUT2D eigenvalue weighted by Crippen LogP contribution is -2.09. The van der Waals surface area contributed by atoms with Crippen molar-refractivity contribution in [2.24, 2.45) is 0 Å². The van der Waals surface area contributed by atoms with Crippen molar-refractivity contribution in [2.75, 3.05) is 17.4 Å². The molecule has 0 saturated carbocycles. The van der Waals surface area contributed by atoms with Crippen molar-refractivity contribution < 1.29 is 14.3 Å². The second-order valence-electron chi connectivity index (χ2n) is 5.02. The highest BCUT2D eigenvalue weighted by molar-refractivity contribution is 5.90. The molecule has 0 aliphatic carbocycles. The summed E-state index contributed by atoms with van der Waals surface area (Å²) in [4.78, 5) is 11.3. The van der Waals surface area contributed by atoms with Gasteiger partial charge in [0.2, 0.25) is 12.7 Å². The quantitative estimate of drug-likeness (QED) is 0.888. The summed E-state index contributed by atoms with van der Waals surface area (Å²) in [5, 5.41) is 6.16. The van der Waals surface area contributed by atoms with Crippen molar-refractivity contribution in [3.63, 3.8) is 0 Å². The van der Waals surface area contributed by atoms with Crippen molar-refractivity contribution >= 4 is 17.3 Å². The molecule has 22 heavy (non-hydrogen) atoms. The van der Waals surface area contributed by atoms with E-state index in [9.17, 15) is 4.79 Å². The average Bonchev–Trinajstić information content (AvgIpc) is 3.01. The van der Waals surface area contributed by atoms with E-state index in [1.165, 1.54) is 0 Å². The molecule has 3 rings (SSSR count). The van der Waals surface area contributed by atoms with Crippen LogP contribution in [0.5, 0.6) is 11.5 Å². The molecule has 114 valence electrons. The van der Waals surface area contributed by atoms with Gasteiger partial charge >= 0.3 is 0 Å². The number of carbonyl (C=O) groups excluding carboxylic acids is 1. The third kappa shape index (κ3) is 3.31. The first-order valence-electron chi connectivity index (χ1n) is 7.27. The minimum atomic E-state index is 0.0149. The van der Waals surface area contributed by atoms with E-state index in [1.807, 2.05) is 49.4 Å². The first kappa shape index (κ1) is 14.3. The molecule has 0 fully saturated rings. The van der Waals surface area contributed by atoms with Crippen LogP contribution in [0.4, 0.5) is 11.4 Å². The number of ether oxygens (including phenoxy) is 2. The highest BCUT2D eigenvalue weighted by Crippen LogP contribution is 2.32. The predicted octanol–water partition coefficient (Wildman–Crippen LogP) is 3.38. The molecular formula is C17H18N2O3. The van der Waals surface area contributed by atoms with E-state index >= 15 is 0 Å². The number of carbonyl (C=O) groups is 1. The van der Waals surface area contributed by atoms with Crippen LogP contribution >= 0.6 is 0 Å². The summed E-state index contributed by atoms with van der Waals surface area (Å²) >= 11 is 0. The van der Waals surface area contributed by atoms with Gasteiger partial charge in [0.1, 0.15) is 0 Å². The van der Waals surface area contributed by atoms with Crippen molar-refractivity contribution in [3.8, 4) is 11.5 Å². The highest BCUT2D eigenvalue weighted by Gasteiger charge is 2.12. The van der Waals surface area contributed by atoms with E-state index in [-0.39, 0.29) is 12.7 Å². The number of hydrogen-bond acceptors (Lipinski definition) is 4. The zero-order valence-corrected chi connectivity index (χ0v) is 12.4. The molecule has 2 aromatic rings. The van der Waals surface area contributed by atoms with Crippen LogP contribution in [0, 0.1) is 0 Å². The second-order valence-corrected chi connectivity index (χ2v) is 5.02. The smallest absolute Gasteiger partial charge is 0.231 e. The molecule has 0 unspecified atom stereocenters. The average molecular weight is 298 g/mol. The maximum Gasteiger partial charge on any atom is 0.231 e. The van der Waals surface area contributed by atoms with Gasteiger partial charge in [0.05, 0.1) is 0 Å². The van der Waals surface area contributed by atoms with Crippen molar-refractivity contribution in [3.05, 3.63) is 48.0 Å². The molecule has 0 bridgehead atoms. The van der Waals surface area contributed by atoms with Crippen molar-refractivity contribution in [1.29, 1.82) is 0 Å². The number of fused-ring (bicyclic) bond motifs is 1. The van der Waals surface area contributed by atoms with Crippen LogP contribution in [0.2, 0.25) is 0 Å². The van der Waals surface area contributed by atoms with E-state index in [0.717, 1.165) is 28.4 Å². The summed E-state index contributed by atoms with van der Waals surface area (Å²) in [6.45, 7) is 2.81. The molecular weight excluding hydrogens is 280 g/mol. The van der Waals surface area contributed by atoms with Crippen LogP contribution in [0.1, 0.15) is 18.9 Å². The van der Waals surface area contributed by atoms with E-state index in [4.69, 9.17) is 9.47 Å². The SMILES string of the molecule is CCC(=O)Nc1ccc(NCc2ccc3c(c2)OCO3)cc1. The fraction of sp³-hybridized carbons (Fsp3) is 0.235. The molecule has 0 radical (unpaired) electrons. The molecule has 1 aliphatic rings.